The Labute approximate surface area is 206 Å². The van der Waals surface area contributed by atoms with Crippen molar-refractivity contribution in [1.82, 2.24) is 10.3 Å². The van der Waals surface area contributed by atoms with E-state index < -0.39 is 18.0 Å². The summed E-state index contributed by atoms with van der Waals surface area (Å²) < 4.78 is 5.54. The summed E-state index contributed by atoms with van der Waals surface area (Å²) in [4.78, 5) is 40.2. The number of nitrogens with zero attached hydrogens (tertiary/aromatic N) is 1. The highest BCUT2D eigenvalue weighted by atomic mass is 32.1. The molecule has 3 aromatic rings. The summed E-state index contributed by atoms with van der Waals surface area (Å²) in [5, 5.41) is 16.7. The standard InChI is InChI=1S/C26H25N3O5S/c30-23(27-16-10-9-15(11-16)24(31)32)12-17-14-35-25(28-17)29-26(33)34-13-22-20-7-3-1-5-18(20)19-6-2-4-8-21(19)22/h1-8,14-16,22H,9-13H2,(H,27,30)(H,31,32)(H,28,29,33)/t15-,16+/m0/s1. The zero-order valence-electron chi connectivity index (χ0n) is 18.9. The van der Waals surface area contributed by atoms with E-state index in [0.29, 0.717) is 30.1 Å². The first kappa shape index (κ1) is 23.0. The summed E-state index contributed by atoms with van der Waals surface area (Å²) in [5.74, 6) is -1.45. The van der Waals surface area contributed by atoms with Crippen LogP contribution in [0.15, 0.2) is 53.9 Å². The van der Waals surface area contributed by atoms with E-state index in [0.717, 1.165) is 22.3 Å². The van der Waals surface area contributed by atoms with Gasteiger partial charge in [-0.3, -0.25) is 14.9 Å². The average molecular weight is 492 g/mol. The number of hydrogen-bond donors (Lipinski definition) is 3. The largest absolute Gasteiger partial charge is 0.481 e. The lowest BCUT2D eigenvalue weighted by Gasteiger charge is -2.14. The Hall–Kier alpha value is -3.72. The van der Waals surface area contributed by atoms with Crippen LogP contribution in [0.1, 0.15) is 42.0 Å². The Balaban J connectivity index is 1.13. The van der Waals surface area contributed by atoms with Gasteiger partial charge in [-0.15, -0.1) is 11.3 Å². The van der Waals surface area contributed by atoms with Crippen LogP contribution in [0, 0.1) is 5.92 Å². The van der Waals surface area contributed by atoms with Gasteiger partial charge in [0.1, 0.15) is 6.61 Å². The lowest BCUT2D eigenvalue weighted by atomic mass is 9.98. The second-order valence-corrected chi connectivity index (χ2v) is 9.74. The molecule has 2 aliphatic rings. The summed E-state index contributed by atoms with van der Waals surface area (Å²) in [5.41, 5.74) is 5.14. The fourth-order valence-corrected chi connectivity index (χ4v) is 5.64. The second-order valence-electron chi connectivity index (χ2n) is 8.88. The molecule has 5 rings (SSSR count). The second kappa shape index (κ2) is 9.87. The van der Waals surface area contributed by atoms with E-state index >= 15 is 0 Å². The van der Waals surface area contributed by atoms with Crippen molar-refractivity contribution >= 4 is 34.4 Å². The molecule has 1 fully saturated rings. The van der Waals surface area contributed by atoms with Crippen LogP contribution in [0.2, 0.25) is 0 Å². The lowest BCUT2D eigenvalue weighted by Crippen LogP contribution is -2.34. The van der Waals surface area contributed by atoms with Crippen molar-refractivity contribution in [3.8, 4) is 11.1 Å². The molecule has 0 spiro atoms. The Morgan fingerprint density at radius 3 is 2.37 bits per heavy atom. The zero-order chi connectivity index (χ0) is 24.4. The number of ether oxygens (including phenoxy) is 1. The molecule has 1 aromatic heterocycles. The molecule has 0 radical (unpaired) electrons. The first-order valence-electron chi connectivity index (χ1n) is 11.6. The van der Waals surface area contributed by atoms with E-state index in [4.69, 9.17) is 9.84 Å². The first-order chi connectivity index (χ1) is 17.0. The van der Waals surface area contributed by atoms with Crippen LogP contribution in [0.5, 0.6) is 0 Å². The third-order valence-electron chi connectivity index (χ3n) is 6.59. The summed E-state index contributed by atoms with van der Waals surface area (Å²) in [6, 6.07) is 16.2. The van der Waals surface area contributed by atoms with Crippen molar-refractivity contribution < 1.29 is 24.2 Å². The van der Waals surface area contributed by atoms with Crippen LogP contribution in [-0.2, 0) is 20.7 Å². The molecule has 2 atom stereocenters. The number of amides is 2. The van der Waals surface area contributed by atoms with Crippen LogP contribution >= 0.6 is 11.3 Å². The molecule has 0 unspecified atom stereocenters. The summed E-state index contributed by atoms with van der Waals surface area (Å²) >= 11 is 1.22. The predicted octanol–water partition coefficient (Wildman–Crippen LogP) is 4.42. The molecule has 2 amide bonds. The minimum absolute atomic E-state index is 0.0278. The highest BCUT2D eigenvalue weighted by Crippen LogP contribution is 2.44. The maximum Gasteiger partial charge on any atom is 0.413 e. The van der Waals surface area contributed by atoms with Crippen molar-refractivity contribution in [2.75, 3.05) is 11.9 Å². The molecule has 2 aliphatic carbocycles. The molecule has 0 saturated heterocycles. The van der Waals surface area contributed by atoms with Crippen LogP contribution in [0.3, 0.4) is 0 Å². The number of fused-ring (bicyclic) bond motifs is 3. The number of rotatable bonds is 7. The number of carbonyl (C=O) groups excluding carboxylic acids is 2. The number of aromatic nitrogens is 1. The number of aliphatic carboxylic acids is 1. The molecule has 3 N–H and O–H groups in total. The monoisotopic (exact) mass is 491 g/mol. The fourth-order valence-electron chi connectivity index (χ4n) is 4.95. The highest BCUT2D eigenvalue weighted by molar-refractivity contribution is 7.13. The Morgan fingerprint density at radius 2 is 1.71 bits per heavy atom. The lowest BCUT2D eigenvalue weighted by molar-refractivity contribution is -0.141. The molecule has 8 nitrogen and oxygen atoms in total. The Bertz CT molecular complexity index is 1230. The van der Waals surface area contributed by atoms with Gasteiger partial charge in [-0.1, -0.05) is 48.5 Å². The minimum atomic E-state index is -0.815. The van der Waals surface area contributed by atoms with Gasteiger partial charge in [-0.05, 0) is 41.5 Å². The minimum Gasteiger partial charge on any atom is -0.481 e. The summed E-state index contributed by atoms with van der Waals surface area (Å²) in [6.45, 7) is 0.208. The molecule has 0 aliphatic heterocycles. The number of benzene rings is 2. The van der Waals surface area contributed by atoms with Gasteiger partial charge in [0, 0.05) is 17.3 Å². The van der Waals surface area contributed by atoms with Crippen molar-refractivity contribution in [2.45, 2.75) is 37.6 Å². The molecule has 2 aromatic carbocycles. The highest BCUT2D eigenvalue weighted by Gasteiger charge is 2.31. The number of carboxylic acids is 1. The third-order valence-corrected chi connectivity index (χ3v) is 7.40. The van der Waals surface area contributed by atoms with Gasteiger partial charge in [0.2, 0.25) is 5.91 Å². The Kier molecular flexibility index (Phi) is 6.50. The normalized spacial score (nSPS) is 18.5. The molecule has 1 heterocycles. The van der Waals surface area contributed by atoms with Crippen LogP contribution in [-0.4, -0.2) is 40.7 Å². The van der Waals surface area contributed by atoms with Gasteiger partial charge in [0.15, 0.2) is 5.13 Å². The number of hydrogen-bond acceptors (Lipinski definition) is 6. The number of carbonyl (C=O) groups is 3. The van der Waals surface area contributed by atoms with Gasteiger partial charge in [0.25, 0.3) is 0 Å². The van der Waals surface area contributed by atoms with Crippen LogP contribution in [0.4, 0.5) is 9.93 Å². The SMILES string of the molecule is O=C(Cc1csc(NC(=O)OCC2c3ccccc3-c3ccccc32)n1)N[C@@H]1CC[C@H](C(=O)O)C1. The maximum atomic E-state index is 12.4. The van der Waals surface area contributed by atoms with E-state index in [9.17, 15) is 14.4 Å². The quantitative estimate of drug-likeness (QED) is 0.451. The van der Waals surface area contributed by atoms with E-state index in [1.54, 1.807) is 5.38 Å². The average Bonchev–Trinajstić information content (AvgIpc) is 3.56. The molecule has 1 saturated carbocycles. The van der Waals surface area contributed by atoms with E-state index in [1.165, 1.54) is 11.3 Å². The molecule has 35 heavy (non-hydrogen) atoms. The predicted molar refractivity (Wildman–Crippen MR) is 131 cm³/mol. The van der Waals surface area contributed by atoms with Gasteiger partial charge in [0.05, 0.1) is 18.0 Å². The smallest absolute Gasteiger partial charge is 0.413 e. The van der Waals surface area contributed by atoms with Gasteiger partial charge in [-0.2, -0.15) is 0 Å². The van der Waals surface area contributed by atoms with Crippen molar-refractivity contribution in [3.63, 3.8) is 0 Å². The summed E-state index contributed by atoms with van der Waals surface area (Å²) in [7, 11) is 0. The third kappa shape index (κ3) is 5.05. The number of thiazole rings is 1. The van der Waals surface area contributed by atoms with E-state index in [-0.39, 0.29) is 30.9 Å². The van der Waals surface area contributed by atoms with E-state index in [2.05, 4.69) is 39.9 Å². The number of nitrogens with one attached hydrogen (secondary N) is 2. The molecular formula is C26H25N3O5S. The van der Waals surface area contributed by atoms with Gasteiger partial charge in [-0.25, -0.2) is 9.78 Å². The topological polar surface area (TPSA) is 118 Å². The van der Waals surface area contributed by atoms with E-state index in [1.807, 2.05) is 24.3 Å². The maximum absolute atomic E-state index is 12.4. The van der Waals surface area contributed by atoms with Crippen molar-refractivity contribution in [3.05, 3.63) is 70.7 Å². The number of anilines is 1. The molecule has 9 heteroatoms. The van der Waals surface area contributed by atoms with Crippen molar-refractivity contribution in [2.24, 2.45) is 5.92 Å². The Morgan fingerprint density at radius 1 is 1.03 bits per heavy atom. The number of carboxylic acid groups (broad SMARTS) is 1. The van der Waals surface area contributed by atoms with Gasteiger partial charge >= 0.3 is 12.1 Å². The van der Waals surface area contributed by atoms with Crippen LogP contribution < -0.4 is 10.6 Å². The first-order valence-corrected chi connectivity index (χ1v) is 12.4. The van der Waals surface area contributed by atoms with Gasteiger partial charge < -0.3 is 15.2 Å². The molecule has 0 bridgehead atoms. The zero-order valence-corrected chi connectivity index (χ0v) is 19.7. The molecular weight excluding hydrogens is 466 g/mol. The summed E-state index contributed by atoms with van der Waals surface area (Å²) in [6.07, 6.45) is 1.16. The van der Waals surface area contributed by atoms with Crippen LogP contribution in [0.25, 0.3) is 11.1 Å². The van der Waals surface area contributed by atoms with Crippen molar-refractivity contribution in [1.29, 1.82) is 0 Å². The fraction of sp³-hybridized carbons (Fsp3) is 0.308. The molecule has 180 valence electrons.